The van der Waals surface area contributed by atoms with Crippen molar-refractivity contribution in [3.63, 3.8) is 0 Å². The summed E-state index contributed by atoms with van der Waals surface area (Å²) in [4.78, 5) is 0. The molecule has 11 heavy (non-hydrogen) atoms. The van der Waals surface area contributed by atoms with Crippen LogP contribution in [0.3, 0.4) is 0 Å². The Labute approximate surface area is 90.1 Å². The van der Waals surface area contributed by atoms with Gasteiger partial charge in [0.2, 0.25) is 0 Å². The Balaban J connectivity index is -0.0000000383. The van der Waals surface area contributed by atoms with Gasteiger partial charge in [0.1, 0.15) is 0 Å². The van der Waals surface area contributed by atoms with Crippen molar-refractivity contribution in [1.82, 2.24) is 0 Å². The van der Waals surface area contributed by atoms with Gasteiger partial charge < -0.3 is 9.11 Å². The third kappa shape index (κ3) is 320. The minimum Gasteiger partial charge on any atom is -0.759 e. The van der Waals surface area contributed by atoms with E-state index in [1.165, 1.54) is 0 Å². The maximum atomic E-state index is 8.52. The van der Waals surface area contributed by atoms with E-state index < -0.39 is 10.4 Å². The van der Waals surface area contributed by atoms with Gasteiger partial charge in [-0.25, -0.2) is 0 Å². The van der Waals surface area contributed by atoms with Gasteiger partial charge in [0.25, 0.3) is 0 Å². The van der Waals surface area contributed by atoms with E-state index in [9.17, 15) is 0 Å². The van der Waals surface area contributed by atoms with Gasteiger partial charge in [-0.2, -0.15) is 5.26 Å². The van der Waals surface area contributed by atoms with Gasteiger partial charge in [-0.15, -0.1) is 0 Å². The molecule has 0 aromatic heterocycles. The van der Waals surface area contributed by atoms with Gasteiger partial charge in [0.15, 0.2) is 0 Å². The molecular formula is C3H5Li2NO4S. The Hall–Kier alpha value is 0.555. The molecule has 0 aliphatic carbocycles. The first-order valence-electron chi connectivity index (χ1n) is 1.95. The molecule has 0 aromatic rings. The predicted octanol–water partition coefficient (Wildman–Crippen LogP) is -6.41. The van der Waals surface area contributed by atoms with Gasteiger partial charge in [-0.3, -0.25) is 8.42 Å². The van der Waals surface area contributed by atoms with Crippen LogP contribution in [0.25, 0.3) is 0 Å². The van der Waals surface area contributed by atoms with Crippen molar-refractivity contribution in [3.8, 4) is 6.07 Å². The molecule has 0 bridgehead atoms. The molecule has 0 radical (unpaired) electrons. The summed E-state index contributed by atoms with van der Waals surface area (Å²) >= 11 is 0. The fourth-order valence-corrected chi connectivity index (χ4v) is 0. The zero-order valence-corrected chi connectivity index (χ0v) is 7.51. The zero-order chi connectivity index (χ0) is 7.91. The first-order valence-corrected chi connectivity index (χ1v) is 3.28. The zero-order valence-electron chi connectivity index (χ0n) is 6.70. The van der Waals surface area contributed by atoms with E-state index in [-0.39, 0.29) is 37.7 Å². The molecule has 5 nitrogen and oxygen atoms in total. The summed E-state index contributed by atoms with van der Waals surface area (Å²) in [5, 5.41) is 7.62. The van der Waals surface area contributed by atoms with Gasteiger partial charge in [0, 0.05) is 16.8 Å². The van der Waals surface area contributed by atoms with E-state index in [0.717, 1.165) is 0 Å². The van der Waals surface area contributed by atoms with E-state index in [1.54, 1.807) is 0 Å². The largest absolute Gasteiger partial charge is 1.00 e. The average molecular weight is 165 g/mol. The molecule has 54 valence electrons. The first kappa shape index (κ1) is 22.6. The topological polar surface area (TPSA) is 104 Å². The van der Waals surface area contributed by atoms with Gasteiger partial charge in [-0.1, -0.05) is 6.92 Å². The van der Waals surface area contributed by atoms with E-state index in [2.05, 4.69) is 0 Å². The second-order valence-electron chi connectivity index (χ2n) is 0.920. The average Bonchev–Trinajstić information content (AvgIpc) is 1.61. The van der Waals surface area contributed by atoms with Gasteiger partial charge in [-0.05, 0) is 0 Å². The molecule has 0 saturated heterocycles. The Bertz CT molecular complexity index is 176. The molecule has 0 spiro atoms. The smallest absolute Gasteiger partial charge is 0.759 e. The minimum atomic E-state index is -5.17. The SMILES string of the molecule is CCC#N.O=S(=O)([O-])[O-].[Li+].[Li+]. The number of rotatable bonds is 0. The predicted molar refractivity (Wildman–Crippen MR) is 26.4 cm³/mol. The molecule has 0 aliphatic rings. The monoisotopic (exact) mass is 165 g/mol. The van der Waals surface area contributed by atoms with Gasteiger partial charge >= 0.3 is 37.7 Å². The van der Waals surface area contributed by atoms with Crippen molar-refractivity contribution in [3.05, 3.63) is 0 Å². The van der Waals surface area contributed by atoms with Crippen LogP contribution in [0.1, 0.15) is 13.3 Å². The quantitative estimate of drug-likeness (QED) is 0.201. The first-order chi connectivity index (χ1) is 3.91. The van der Waals surface area contributed by atoms with Crippen LogP contribution in [0.15, 0.2) is 0 Å². The summed E-state index contributed by atoms with van der Waals surface area (Å²) in [7, 11) is -5.17. The van der Waals surface area contributed by atoms with E-state index in [4.69, 9.17) is 22.8 Å². The Morgan fingerprint density at radius 2 is 1.45 bits per heavy atom. The van der Waals surface area contributed by atoms with E-state index in [1.807, 2.05) is 13.0 Å². The van der Waals surface area contributed by atoms with Crippen molar-refractivity contribution in [2.24, 2.45) is 0 Å². The molecule has 0 rings (SSSR count). The summed E-state index contributed by atoms with van der Waals surface area (Å²) in [5.74, 6) is 0. The summed E-state index contributed by atoms with van der Waals surface area (Å²) in [6.07, 6.45) is 0.625. The van der Waals surface area contributed by atoms with Gasteiger partial charge in [0.05, 0.1) is 6.07 Å². The standard InChI is InChI=1S/C3H5N.2Li.H2O4S/c1-2-3-4;;;1-5(2,3)4/h2H2,1H3;;;(H2,1,2,3,4)/q;2*+1;/p-2. The van der Waals surface area contributed by atoms with Crippen LogP contribution in [0.5, 0.6) is 0 Å². The third-order valence-electron chi connectivity index (χ3n) is 0.158. The van der Waals surface area contributed by atoms with Crippen molar-refractivity contribution < 1.29 is 55.2 Å². The van der Waals surface area contributed by atoms with Crippen molar-refractivity contribution in [2.75, 3.05) is 0 Å². The third-order valence-corrected chi connectivity index (χ3v) is 0.158. The Morgan fingerprint density at radius 3 is 1.45 bits per heavy atom. The maximum absolute atomic E-state index is 8.52. The van der Waals surface area contributed by atoms with Crippen LogP contribution in [0.4, 0.5) is 0 Å². The molecular weight excluding hydrogens is 160 g/mol. The molecule has 0 unspecified atom stereocenters. The summed E-state index contributed by atoms with van der Waals surface area (Å²) < 4.78 is 34.1. The second-order valence-corrected chi connectivity index (χ2v) is 1.74. The summed E-state index contributed by atoms with van der Waals surface area (Å²) in [5.41, 5.74) is 0. The molecule has 0 atom stereocenters. The van der Waals surface area contributed by atoms with Crippen molar-refractivity contribution >= 4 is 10.4 Å². The molecule has 0 saturated carbocycles. The number of nitrogens with zero attached hydrogens (tertiary/aromatic N) is 1. The Morgan fingerprint density at radius 1 is 1.36 bits per heavy atom. The maximum Gasteiger partial charge on any atom is 1.00 e. The van der Waals surface area contributed by atoms with Crippen molar-refractivity contribution in [2.45, 2.75) is 13.3 Å². The van der Waals surface area contributed by atoms with E-state index >= 15 is 0 Å². The summed E-state index contributed by atoms with van der Waals surface area (Å²) in [6, 6.07) is 1.93. The van der Waals surface area contributed by atoms with Crippen LogP contribution in [-0.2, 0) is 10.4 Å². The molecule has 0 N–H and O–H groups in total. The number of hydrogen-bond acceptors (Lipinski definition) is 5. The molecule has 0 aromatic carbocycles. The van der Waals surface area contributed by atoms with Crippen LogP contribution >= 0.6 is 0 Å². The second kappa shape index (κ2) is 13.2. The molecule has 0 heterocycles. The van der Waals surface area contributed by atoms with Crippen LogP contribution in [0, 0.1) is 11.3 Å². The number of nitriles is 1. The normalized spacial score (nSPS) is 7.09. The molecule has 0 aliphatic heterocycles. The van der Waals surface area contributed by atoms with Crippen molar-refractivity contribution in [1.29, 1.82) is 5.26 Å². The van der Waals surface area contributed by atoms with E-state index in [0.29, 0.717) is 6.42 Å². The van der Waals surface area contributed by atoms with Crippen LogP contribution in [0.2, 0.25) is 0 Å². The van der Waals surface area contributed by atoms with Crippen LogP contribution in [-0.4, -0.2) is 17.5 Å². The molecule has 0 fully saturated rings. The summed E-state index contributed by atoms with van der Waals surface area (Å²) in [6.45, 7) is 1.82. The fourth-order valence-electron chi connectivity index (χ4n) is 0. The number of hydrogen-bond donors (Lipinski definition) is 0. The Kier molecular flexibility index (Phi) is 27.0. The molecule has 0 amide bonds. The fraction of sp³-hybridized carbons (Fsp3) is 0.667. The molecule has 8 heteroatoms. The minimum absolute atomic E-state index is 0. The van der Waals surface area contributed by atoms with Crippen LogP contribution < -0.4 is 37.7 Å².